The van der Waals surface area contributed by atoms with E-state index >= 15 is 0 Å². The molecule has 1 saturated carbocycles. The third-order valence-electron chi connectivity index (χ3n) is 4.11. The zero-order valence-electron chi connectivity index (χ0n) is 13.6. The van der Waals surface area contributed by atoms with Crippen molar-refractivity contribution in [2.75, 3.05) is 5.75 Å². The van der Waals surface area contributed by atoms with Crippen molar-refractivity contribution in [2.24, 2.45) is 0 Å². The van der Waals surface area contributed by atoms with E-state index in [1.54, 1.807) is 18.3 Å². The number of rotatable bonds is 6. The molecule has 1 atom stereocenters. The highest BCUT2D eigenvalue weighted by Gasteiger charge is 2.36. The maximum absolute atomic E-state index is 12.8. The predicted molar refractivity (Wildman–Crippen MR) is 94.4 cm³/mol. The second kappa shape index (κ2) is 7.50. The van der Waals surface area contributed by atoms with E-state index in [4.69, 9.17) is 5.26 Å². The van der Waals surface area contributed by atoms with Crippen LogP contribution in [0.2, 0.25) is 0 Å². The van der Waals surface area contributed by atoms with E-state index in [1.807, 2.05) is 42.2 Å². The number of amides is 1. The van der Waals surface area contributed by atoms with Gasteiger partial charge in [0.15, 0.2) is 0 Å². The van der Waals surface area contributed by atoms with E-state index in [9.17, 15) is 4.79 Å². The van der Waals surface area contributed by atoms with Crippen molar-refractivity contribution in [3.8, 4) is 6.07 Å². The van der Waals surface area contributed by atoms with Crippen LogP contribution in [0.25, 0.3) is 0 Å². The van der Waals surface area contributed by atoms with E-state index in [1.165, 1.54) is 11.8 Å². The maximum Gasteiger partial charge on any atom is 0.233 e. The Bertz CT molecular complexity index is 735. The highest BCUT2D eigenvalue weighted by molar-refractivity contribution is 8.00. The van der Waals surface area contributed by atoms with Gasteiger partial charge in [0.25, 0.3) is 0 Å². The Balaban J connectivity index is 1.65. The molecule has 3 rings (SSSR count). The summed E-state index contributed by atoms with van der Waals surface area (Å²) in [6.45, 7) is 2.05. The molecule has 1 aliphatic carbocycles. The first-order valence-corrected chi connectivity index (χ1v) is 9.02. The van der Waals surface area contributed by atoms with E-state index < -0.39 is 0 Å². The molecule has 1 aliphatic rings. The quantitative estimate of drug-likeness (QED) is 0.752. The van der Waals surface area contributed by atoms with E-state index in [2.05, 4.69) is 11.1 Å². The number of benzene rings is 1. The fourth-order valence-corrected chi connectivity index (χ4v) is 3.47. The minimum atomic E-state index is -0.00670. The summed E-state index contributed by atoms with van der Waals surface area (Å²) in [5.74, 6) is 0.546. The molecule has 1 amide bonds. The lowest BCUT2D eigenvalue weighted by Gasteiger charge is -2.29. The van der Waals surface area contributed by atoms with Gasteiger partial charge in [-0.3, -0.25) is 9.78 Å². The molecule has 5 heteroatoms. The van der Waals surface area contributed by atoms with Gasteiger partial charge in [-0.15, -0.1) is 11.8 Å². The van der Waals surface area contributed by atoms with Crippen molar-refractivity contribution in [1.29, 1.82) is 5.26 Å². The highest BCUT2D eigenvalue weighted by Crippen LogP contribution is 2.34. The lowest BCUT2D eigenvalue weighted by Crippen LogP contribution is -2.37. The van der Waals surface area contributed by atoms with Gasteiger partial charge in [-0.25, -0.2) is 0 Å². The van der Waals surface area contributed by atoms with Gasteiger partial charge in [-0.1, -0.05) is 6.07 Å². The van der Waals surface area contributed by atoms with Gasteiger partial charge >= 0.3 is 0 Å². The third-order valence-corrected chi connectivity index (χ3v) is 5.10. The summed E-state index contributed by atoms with van der Waals surface area (Å²) in [6, 6.07) is 15.6. The molecule has 0 radical (unpaired) electrons. The molecule has 4 nitrogen and oxygen atoms in total. The Morgan fingerprint density at radius 1 is 1.33 bits per heavy atom. The maximum atomic E-state index is 12.8. The average Bonchev–Trinajstić information content (AvgIpc) is 3.46. The summed E-state index contributed by atoms with van der Waals surface area (Å²) in [6.07, 6.45) is 3.92. The van der Waals surface area contributed by atoms with Gasteiger partial charge in [0.1, 0.15) is 0 Å². The van der Waals surface area contributed by atoms with Crippen LogP contribution in [0.3, 0.4) is 0 Å². The molecular formula is C19H19N3OS. The smallest absolute Gasteiger partial charge is 0.233 e. The summed E-state index contributed by atoms with van der Waals surface area (Å²) in [4.78, 5) is 20.1. The zero-order chi connectivity index (χ0) is 16.9. The summed E-state index contributed by atoms with van der Waals surface area (Å²) >= 11 is 1.51. The summed E-state index contributed by atoms with van der Waals surface area (Å²) in [5, 5.41) is 8.83. The van der Waals surface area contributed by atoms with Gasteiger partial charge in [0.2, 0.25) is 5.91 Å². The number of aromatic nitrogens is 1. The molecule has 24 heavy (non-hydrogen) atoms. The van der Waals surface area contributed by atoms with Crippen molar-refractivity contribution in [1.82, 2.24) is 9.88 Å². The van der Waals surface area contributed by atoms with Crippen molar-refractivity contribution in [2.45, 2.75) is 36.7 Å². The van der Waals surface area contributed by atoms with Crippen molar-refractivity contribution in [3.05, 3.63) is 59.9 Å². The fraction of sp³-hybridized carbons (Fsp3) is 0.316. The molecule has 1 aromatic heterocycles. The van der Waals surface area contributed by atoms with Crippen LogP contribution in [0.4, 0.5) is 0 Å². The average molecular weight is 337 g/mol. The van der Waals surface area contributed by atoms with Gasteiger partial charge in [-0.2, -0.15) is 5.26 Å². The number of carbonyl (C=O) groups excluding carboxylic acids is 1. The molecular weight excluding hydrogens is 318 g/mol. The zero-order valence-corrected chi connectivity index (χ0v) is 14.4. The molecule has 2 aromatic rings. The van der Waals surface area contributed by atoms with E-state index in [-0.39, 0.29) is 11.9 Å². The van der Waals surface area contributed by atoms with Crippen LogP contribution in [0.15, 0.2) is 53.6 Å². The summed E-state index contributed by atoms with van der Waals surface area (Å²) < 4.78 is 0. The van der Waals surface area contributed by atoms with Gasteiger partial charge < -0.3 is 4.90 Å². The first-order valence-electron chi connectivity index (χ1n) is 8.04. The monoisotopic (exact) mass is 337 g/mol. The minimum absolute atomic E-state index is 0.00670. The van der Waals surface area contributed by atoms with Gasteiger partial charge in [0.05, 0.1) is 29.1 Å². The topological polar surface area (TPSA) is 57.0 Å². The second-order valence-corrected chi connectivity index (χ2v) is 6.94. The molecule has 1 heterocycles. The predicted octanol–water partition coefficient (Wildman–Crippen LogP) is 3.80. The largest absolute Gasteiger partial charge is 0.331 e. The van der Waals surface area contributed by atoms with Gasteiger partial charge in [-0.05, 0) is 56.2 Å². The van der Waals surface area contributed by atoms with E-state index in [0.29, 0.717) is 17.4 Å². The van der Waals surface area contributed by atoms with Crippen LogP contribution in [0.1, 0.15) is 37.1 Å². The Hall–Kier alpha value is -2.32. The van der Waals surface area contributed by atoms with Crippen LogP contribution in [-0.2, 0) is 4.79 Å². The Labute approximate surface area is 146 Å². The number of pyridine rings is 1. The first-order chi connectivity index (χ1) is 11.7. The molecule has 122 valence electrons. The Morgan fingerprint density at radius 2 is 2.08 bits per heavy atom. The van der Waals surface area contributed by atoms with Crippen LogP contribution < -0.4 is 0 Å². The first kappa shape index (κ1) is 16.5. The summed E-state index contributed by atoms with van der Waals surface area (Å²) in [5.41, 5.74) is 1.56. The summed E-state index contributed by atoms with van der Waals surface area (Å²) in [7, 11) is 0. The van der Waals surface area contributed by atoms with Crippen LogP contribution in [0, 0.1) is 11.3 Å². The van der Waals surface area contributed by atoms with E-state index in [0.717, 1.165) is 23.4 Å². The molecule has 0 aliphatic heterocycles. The van der Waals surface area contributed by atoms with Crippen LogP contribution in [0.5, 0.6) is 0 Å². The number of hydrogen-bond acceptors (Lipinski definition) is 4. The molecule has 0 spiro atoms. The Morgan fingerprint density at radius 3 is 2.67 bits per heavy atom. The number of hydrogen-bond donors (Lipinski definition) is 0. The number of thioether (sulfide) groups is 1. The van der Waals surface area contributed by atoms with Crippen molar-refractivity contribution >= 4 is 17.7 Å². The minimum Gasteiger partial charge on any atom is -0.331 e. The highest BCUT2D eigenvalue weighted by atomic mass is 32.2. The normalized spacial score (nSPS) is 14.7. The number of nitriles is 1. The van der Waals surface area contributed by atoms with Gasteiger partial charge in [0, 0.05) is 17.1 Å². The molecule has 0 bridgehead atoms. The lowest BCUT2D eigenvalue weighted by atomic mass is 10.1. The molecule has 1 aromatic carbocycles. The molecule has 1 unspecified atom stereocenters. The Kier molecular flexibility index (Phi) is 5.17. The SMILES string of the molecule is CC(c1ccccn1)N(C(=O)CSc1ccc(C#N)cc1)C1CC1. The number of carbonyl (C=O) groups is 1. The lowest BCUT2D eigenvalue weighted by molar-refractivity contribution is -0.131. The molecule has 0 saturated heterocycles. The van der Waals surface area contributed by atoms with Crippen molar-refractivity contribution in [3.63, 3.8) is 0 Å². The van der Waals surface area contributed by atoms with Crippen molar-refractivity contribution < 1.29 is 4.79 Å². The standard InChI is InChI=1S/C19H19N3OS/c1-14(18-4-2-3-11-21-18)22(16-7-8-16)19(23)13-24-17-9-5-15(12-20)6-10-17/h2-6,9-11,14,16H,7-8,13H2,1H3. The third kappa shape index (κ3) is 3.95. The molecule has 0 N–H and O–H groups in total. The van der Waals surface area contributed by atoms with Crippen LogP contribution >= 0.6 is 11.8 Å². The molecule has 1 fully saturated rings. The van der Waals surface area contributed by atoms with Crippen LogP contribution in [-0.4, -0.2) is 27.6 Å². The second-order valence-electron chi connectivity index (χ2n) is 5.89. The number of nitrogens with zero attached hydrogens (tertiary/aromatic N) is 3. The fourth-order valence-electron chi connectivity index (χ4n) is 2.70.